The first-order chi connectivity index (χ1) is 9.93. The molecule has 5 heteroatoms. The predicted molar refractivity (Wildman–Crippen MR) is 83.4 cm³/mol. The van der Waals surface area contributed by atoms with Gasteiger partial charge in [-0.3, -0.25) is 10.1 Å². The maximum Gasteiger partial charge on any atom is 0.270 e. The molecule has 1 heterocycles. The Morgan fingerprint density at radius 1 is 1.33 bits per heavy atom. The number of anilines is 1. The zero-order chi connectivity index (χ0) is 15.0. The van der Waals surface area contributed by atoms with Crippen molar-refractivity contribution in [3.63, 3.8) is 0 Å². The molecule has 1 aromatic heterocycles. The van der Waals surface area contributed by atoms with Crippen LogP contribution in [0.1, 0.15) is 33.1 Å². The number of non-ortho nitro benzene ring substituents is 1. The number of hydrogen-bond donors (Lipinski definition) is 1. The second kappa shape index (κ2) is 4.98. The molecule has 1 aromatic carbocycles. The first-order valence-electron chi connectivity index (χ1n) is 7.25. The first-order valence-corrected chi connectivity index (χ1v) is 7.25. The van der Waals surface area contributed by atoms with Gasteiger partial charge in [-0.2, -0.15) is 0 Å². The van der Waals surface area contributed by atoms with Gasteiger partial charge in [-0.25, -0.2) is 4.98 Å². The van der Waals surface area contributed by atoms with Crippen LogP contribution in [-0.2, 0) is 0 Å². The van der Waals surface area contributed by atoms with Gasteiger partial charge in [0.2, 0.25) is 0 Å². The van der Waals surface area contributed by atoms with E-state index >= 15 is 0 Å². The third kappa shape index (κ3) is 2.96. The molecule has 5 nitrogen and oxygen atoms in total. The lowest BCUT2D eigenvalue weighted by Gasteiger charge is -2.18. The lowest BCUT2D eigenvalue weighted by atomic mass is 9.92. The Hall–Kier alpha value is -2.17. The maximum absolute atomic E-state index is 10.8. The molecule has 0 amide bonds. The summed E-state index contributed by atoms with van der Waals surface area (Å²) >= 11 is 0. The molecule has 110 valence electrons. The van der Waals surface area contributed by atoms with Crippen LogP contribution in [0.4, 0.5) is 11.5 Å². The monoisotopic (exact) mass is 285 g/mol. The second-order valence-electron chi connectivity index (χ2n) is 6.58. The molecular weight excluding hydrogens is 266 g/mol. The number of nitro groups is 1. The number of hydrogen-bond acceptors (Lipinski definition) is 4. The molecule has 0 spiro atoms. The van der Waals surface area contributed by atoms with Gasteiger partial charge in [0.1, 0.15) is 5.82 Å². The molecule has 3 rings (SSSR count). The summed E-state index contributed by atoms with van der Waals surface area (Å²) in [6, 6.07) is 9.01. The summed E-state index contributed by atoms with van der Waals surface area (Å²) in [6.07, 6.45) is 3.53. The molecule has 1 N–H and O–H groups in total. The Labute approximate surface area is 123 Å². The number of fused-ring (bicyclic) bond motifs is 1. The normalized spacial score (nSPS) is 20.6. The average molecular weight is 285 g/mol. The molecule has 0 bridgehead atoms. The van der Waals surface area contributed by atoms with Gasteiger partial charge < -0.3 is 5.32 Å². The summed E-state index contributed by atoms with van der Waals surface area (Å²) in [5.74, 6) is 0.846. The van der Waals surface area contributed by atoms with E-state index in [0.717, 1.165) is 29.6 Å². The van der Waals surface area contributed by atoms with E-state index < -0.39 is 0 Å². The van der Waals surface area contributed by atoms with Crippen LogP contribution in [0, 0.1) is 15.5 Å². The van der Waals surface area contributed by atoms with Gasteiger partial charge in [0.25, 0.3) is 5.69 Å². The molecule has 1 saturated carbocycles. The van der Waals surface area contributed by atoms with Gasteiger partial charge in [-0.05, 0) is 42.9 Å². The number of aromatic nitrogens is 1. The van der Waals surface area contributed by atoms with Gasteiger partial charge in [0, 0.05) is 23.6 Å². The molecular formula is C16H19N3O2. The van der Waals surface area contributed by atoms with Crippen molar-refractivity contribution in [1.29, 1.82) is 0 Å². The number of rotatable bonds is 3. The summed E-state index contributed by atoms with van der Waals surface area (Å²) in [5, 5.41) is 15.0. The highest BCUT2D eigenvalue weighted by atomic mass is 16.6. The zero-order valence-corrected chi connectivity index (χ0v) is 12.3. The van der Waals surface area contributed by atoms with E-state index in [4.69, 9.17) is 0 Å². The maximum atomic E-state index is 10.8. The van der Waals surface area contributed by atoms with Crippen LogP contribution in [0.15, 0.2) is 30.3 Å². The number of pyridine rings is 1. The smallest absolute Gasteiger partial charge is 0.270 e. The Bertz CT molecular complexity index is 697. The summed E-state index contributed by atoms with van der Waals surface area (Å²) in [4.78, 5) is 14.9. The van der Waals surface area contributed by atoms with Gasteiger partial charge in [0.05, 0.1) is 10.4 Å². The number of nitro benzene ring substituents is 1. The third-order valence-electron chi connectivity index (χ3n) is 4.20. The van der Waals surface area contributed by atoms with Crippen LogP contribution in [-0.4, -0.2) is 15.9 Å². The first kappa shape index (κ1) is 13.8. The van der Waals surface area contributed by atoms with E-state index in [1.807, 2.05) is 12.1 Å². The highest BCUT2D eigenvalue weighted by Gasteiger charge is 2.30. The van der Waals surface area contributed by atoms with Crippen molar-refractivity contribution in [3.8, 4) is 0 Å². The minimum atomic E-state index is -0.383. The fourth-order valence-corrected chi connectivity index (χ4v) is 3.08. The van der Waals surface area contributed by atoms with Crippen molar-refractivity contribution in [2.45, 2.75) is 39.2 Å². The van der Waals surface area contributed by atoms with Gasteiger partial charge in [-0.15, -0.1) is 0 Å². The standard InChI is InChI=1S/C16H19N3O2/c1-16(2)8-7-12(10-16)17-15-6-3-11-9-13(19(20)21)4-5-14(11)18-15/h3-6,9,12H,7-8,10H2,1-2H3,(H,17,18). The number of nitrogens with one attached hydrogen (secondary N) is 1. The van der Waals surface area contributed by atoms with Crippen molar-refractivity contribution < 1.29 is 4.92 Å². The lowest BCUT2D eigenvalue weighted by molar-refractivity contribution is -0.384. The fraction of sp³-hybridized carbons (Fsp3) is 0.438. The third-order valence-corrected chi connectivity index (χ3v) is 4.20. The van der Waals surface area contributed by atoms with Crippen molar-refractivity contribution in [3.05, 3.63) is 40.4 Å². The zero-order valence-electron chi connectivity index (χ0n) is 12.3. The van der Waals surface area contributed by atoms with Crippen LogP contribution in [0.5, 0.6) is 0 Å². The molecule has 0 radical (unpaired) electrons. The van der Waals surface area contributed by atoms with E-state index in [-0.39, 0.29) is 10.6 Å². The summed E-state index contributed by atoms with van der Waals surface area (Å²) < 4.78 is 0. The second-order valence-corrected chi connectivity index (χ2v) is 6.58. The molecule has 0 aliphatic heterocycles. The Kier molecular flexibility index (Phi) is 3.27. The number of benzene rings is 1. The van der Waals surface area contributed by atoms with E-state index in [1.165, 1.54) is 12.5 Å². The molecule has 21 heavy (non-hydrogen) atoms. The van der Waals surface area contributed by atoms with Crippen molar-refractivity contribution in [1.82, 2.24) is 4.98 Å². The van der Waals surface area contributed by atoms with Crippen LogP contribution in [0.2, 0.25) is 0 Å². The molecule has 1 fully saturated rings. The minimum absolute atomic E-state index is 0.0996. The van der Waals surface area contributed by atoms with Crippen LogP contribution in [0.3, 0.4) is 0 Å². The molecule has 2 aromatic rings. The van der Waals surface area contributed by atoms with Crippen LogP contribution >= 0.6 is 0 Å². The van der Waals surface area contributed by atoms with E-state index in [1.54, 1.807) is 12.1 Å². The van der Waals surface area contributed by atoms with Gasteiger partial charge in [-0.1, -0.05) is 13.8 Å². The number of nitrogens with zero attached hydrogens (tertiary/aromatic N) is 2. The van der Waals surface area contributed by atoms with E-state index in [9.17, 15) is 10.1 Å². The van der Waals surface area contributed by atoms with Gasteiger partial charge in [0.15, 0.2) is 0 Å². The minimum Gasteiger partial charge on any atom is -0.367 e. The molecule has 1 aliphatic carbocycles. The fourth-order valence-electron chi connectivity index (χ4n) is 3.08. The molecule has 1 atom stereocenters. The van der Waals surface area contributed by atoms with E-state index in [2.05, 4.69) is 24.1 Å². The Morgan fingerprint density at radius 3 is 2.81 bits per heavy atom. The van der Waals surface area contributed by atoms with Crippen LogP contribution < -0.4 is 5.32 Å². The van der Waals surface area contributed by atoms with Crippen molar-refractivity contribution in [2.24, 2.45) is 5.41 Å². The predicted octanol–water partition coefficient (Wildman–Crippen LogP) is 4.13. The SMILES string of the molecule is CC1(C)CCC(Nc2ccc3cc([N+](=O)[O-])ccc3n2)C1. The molecule has 0 saturated heterocycles. The molecule has 1 aliphatic rings. The largest absolute Gasteiger partial charge is 0.367 e. The average Bonchev–Trinajstić information content (AvgIpc) is 2.77. The Morgan fingerprint density at radius 2 is 2.14 bits per heavy atom. The molecule has 1 unspecified atom stereocenters. The highest BCUT2D eigenvalue weighted by molar-refractivity contribution is 5.82. The summed E-state index contributed by atoms with van der Waals surface area (Å²) in [6.45, 7) is 4.59. The van der Waals surface area contributed by atoms with Crippen LogP contribution in [0.25, 0.3) is 10.9 Å². The summed E-state index contributed by atoms with van der Waals surface area (Å²) in [5.41, 5.74) is 1.28. The van der Waals surface area contributed by atoms with E-state index in [0.29, 0.717) is 11.5 Å². The highest BCUT2D eigenvalue weighted by Crippen LogP contribution is 2.38. The lowest BCUT2D eigenvalue weighted by Crippen LogP contribution is -2.18. The van der Waals surface area contributed by atoms with Gasteiger partial charge >= 0.3 is 0 Å². The summed E-state index contributed by atoms with van der Waals surface area (Å²) in [7, 11) is 0. The Balaban J connectivity index is 1.81. The quantitative estimate of drug-likeness (QED) is 0.680. The van der Waals surface area contributed by atoms with Crippen molar-refractivity contribution >= 4 is 22.4 Å². The van der Waals surface area contributed by atoms with Crippen molar-refractivity contribution in [2.75, 3.05) is 5.32 Å². The topological polar surface area (TPSA) is 68.1 Å².